The van der Waals surface area contributed by atoms with Crippen LogP contribution in [0.15, 0.2) is 36.4 Å². The Morgan fingerprint density at radius 1 is 1.10 bits per heavy atom. The molecule has 0 amide bonds. The quantitative estimate of drug-likeness (QED) is 0.575. The van der Waals surface area contributed by atoms with Crippen LogP contribution in [0.4, 0.5) is 0 Å². The average Bonchev–Trinajstić information content (AvgIpc) is 2.42. The average molecular weight is 323 g/mol. The van der Waals surface area contributed by atoms with Crippen molar-refractivity contribution in [3.63, 3.8) is 0 Å². The maximum atomic E-state index is 11.9. The van der Waals surface area contributed by atoms with E-state index in [2.05, 4.69) is 0 Å². The predicted octanol–water partition coefficient (Wildman–Crippen LogP) is 5.15. The first-order chi connectivity index (χ1) is 9.95. The Labute approximate surface area is 134 Å². The molecule has 0 fully saturated rings. The van der Waals surface area contributed by atoms with Crippen molar-refractivity contribution < 1.29 is 9.53 Å². The monoisotopic (exact) mass is 322 g/mol. The smallest absolute Gasteiger partial charge is 0.311 e. The highest BCUT2D eigenvalue weighted by Crippen LogP contribution is 2.26. The van der Waals surface area contributed by atoms with Crippen molar-refractivity contribution in [3.8, 4) is 5.75 Å². The zero-order chi connectivity index (χ0) is 15.4. The number of halogens is 2. The predicted molar refractivity (Wildman–Crippen MR) is 86.3 cm³/mol. The first-order valence-electron chi connectivity index (χ1n) is 6.67. The van der Waals surface area contributed by atoms with Gasteiger partial charge in [0.2, 0.25) is 0 Å². The van der Waals surface area contributed by atoms with Crippen LogP contribution in [0.25, 0.3) is 0 Å². The lowest BCUT2D eigenvalue weighted by molar-refractivity contribution is -0.134. The van der Waals surface area contributed by atoms with E-state index in [0.29, 0.717) is 28.6 Å². The Hall–Kier alpha value is -1.51. The van der Waals surface area contributed by atoms with Gasteiger partial charge in [0, 0.05) is 16.5 Å². The Balaban J connectivity index is 1.96. The third-order valence-corrected chi connectivity index (χ3v) is 3.98. The van der Waals surface area contributed by atoms with Crippen LogP contribution in [0.2, 0.25) is 10.0 Å². The molecule has 2 aromatic carbocycles. The molecular weight excluding hydrogens is 307 g/mol. The summed E-state index contributed by atoms with van der Waals surface area (Å²) in [5.74, 6) is 0.265. The van der Waals surface area contributed by atoms with Gasteiger partial charge in [-0.2, -0.15) is 0 Å². The van der Waals surface area contributed by atoms with E-state index in [9.17, 15) is 4.79 Å². The molecular formula is C17H16Cl2O2. The largest absolute Gasteiger partial charge is 0.426 e. The second-order valence-corrected chi connectivity index (χ2v) is 5.79. The number of carbonyl (C=O) groups excluding carboxylic acids is 1. The molecule has 0 atom stereocenters. The second-order valence-electron chi connectivity index (χ2n) is 4.98. The maximum absolute atomic E-state index is 11.9. The highest BCUT2D eigenvalue weighted by atomic mass is 35.5. The fourth-order valence-corrected chi connectivity index (χ4v) is 2.41. The third-order valence-electron chi connectivity index (χ3n) is 3.15. The van der Waals surface area contributed by atoms with Crippen molar-refractivity contribution in [2.45, 2.75) is 26.7 Å². The normalized spacial score (nSPS) is 10.5. The van der Waals surface area contributed by atoms with E-state index in [-0.39, 0.29) is 5.97 Å². The van der Waals surface area contributed by atoms with E-state index in [0.717, 1.165) is 16.7 Å². The van der Waals surface area contributed by atoms with Gasteiger partial charge >= 0.3 is 5.97 Å². The molecule has 2 rings (SSSR count). The lowest BCUT2D eigenvalue weighted by Crippen LogP contribution is -2.09. The van der Waals surface area contributed by atoms with Crippen molar-refractivity contribution in [2.24, 2.45) is 0 Å². The number of rotatable bonds is 4. The van der Waals surface area contributed by atoms with Crippen molar-refractivity contribution >= 4 is 29.2 Å². The molecule has 0 radical (unpaired) electrons. The number of ether oxygens (including phenoxy) is 1. The van der Waals surface area contributed by atoms with Gasteiger partial charge in [0.1, 0.15) is 5.75 Å². The molecule has 0 spiro atoms. The summed E-state index contributed by atoms with van der Waals surface area (Å²) < 4.78 is 5.35. The Morgan fingerprint density at radius 2 is 1.76 bits per heavy atom. The van der Waals surface area contributed by atoms with Crippen molar-refractivity contribution in [1.82, 2.24) is 0 Å². The van der Waals surface area contributed by atoms with Gasteiger partial charge in [-0.15, -0.1) is 0 Å². The fraction of sp³-hybridized carbons (Fsp3) is 0.235. The van der Waals surface area contributed by atoms with Crippen LogP contribution in [-0.2, 0) is 11.2 Å². The molecule has 0 saturated carbocycles. The van der Waals surface area contributed by atoms with Crippen LogP contribution in [0.5, 0.6) is 5.75 Å². The minimum Gasteiger partial charge on any atom is -0.426 e. The molecule has 0 bridgehead atoms. The highest BCUT2D eigenvalue weighted by molar-refractivity contribution is 6.32. The molecule has 0 aliphatic carbocycles. The van der Waals surface area contributed by atoms with Gasteiger partial charge in [0.25, 0.3) is 0 Å². The highest BCUT2D eigenvalue weighted by Gasteiger charge is 2.09. The number of esters is 1. The second kappa shape index (κ2) is 6.97. The minimum atomic E-state index is -0.268. The first kappa shape index (κ1) is 15.9. The number of benzene rings is 2. The molecule has 4 heteroatoms. The number of carbonyl (C=O) groups is 1. The standard InChI is InChI=1S/C17H16Cl2O2/c1-11-8-15(9-12(2)17(11)19)21-16(20)7-6-13-4-3-5-14(18)10-13/h3-5,8-10H,6-7H2,1-2H3. The molecule has 110 valence electrons. The van der Waals surface area contributed by atoms with Crippen LogP contribution < -0.4 is 4.74 Å². The molecule has 0 heterocycles. The van der Waals surface area contributed by atoms with Gasteiger partial charge in [-0.3, -0.25) is 4.79 Å². The lowest BCUT2D eigenvalue weighted by Gasteiger charge is -2.08. The van der Waals surface area contributed by atoms with E-state index in [1.807, 2.05) is 38.1 Å². The molecule has 0 aliphatic rings. The molecule has 0 aromatic heterocycles. The van der Waals surface area contributed by atoms with Crippen molar-refractivity contribution in [3.05, 3.63) is 63.1 Å². The fourth-order valence-electron chi connectivity index (χ4n) is 2.09. The number of hydrogen-bond acceptors (Lipinski definition) is 2. The molecule has 0 aliphatic heterocycles. The van der Waals surface area contributed by atoms with E-state index >= 15 is 0 Å². The van der Waals surface area contributed by atoms with E-state index in [1.165, 1.54) is 0 Å². The van der Waals surface area contributed by atoms with Gasteiger partial charge in [0.15, 0.2) is 0 Å². The summed E-state index contributed by atoms with van der Waals surface area (Å²) in [6.07, 6.45) is 0.909. The minimum absolute atomic E-state index is 0.268. The Bertz CT molecular complexity index is 643. The summed E-state index contributed by atoms with van der Waals surface area (Å²) in [4.78, 5) is 11.9. The van der Waals surface area contributed by atoms with Crippen LogP contribution in [0, 0.1) is 13.8 Å². The topological polar surface area (TPSA) is 26.3 Å². The van der Waals surface area contributed by atoms with Gasteiger partial charge < -0.3 is 4.74 Å². The molecule has 0 N–H and O–H groups in total. The third kappa shape index (κ3) is 4.48. The van der Waals surface area contributed by atoms with Gasteiger partial charge in [0.05, 0.1) is 0 Å². The van der Waals surface area contributed by atoms with Crippen molar-refractivity contribution in [2.75, 3.05) is 0 Å². The van der Waals surface area contributed by atoms with Gasteiger partial charge in [-0.05, 0) is 61.2 Å². The summed E-state index contributed by atoms with van der Waals surface area (Å²) in [5.41, 5.74) is 2.81. The van der Waals surface area contributed by atoms with Gasteiger partial charge in [-0.1, -0.05) is 35.3 Å². The molecule has 2 nitrogen and oxygen atoms in total. The van der Waals surface area contributed by atoms with E-state index in [1.54, 1.807) is 12.1 Å². The summed E-state index contributed by atoms with van der Waals surface area (Å²) in [7, 11) is 0. The summed E-state index contributed by atoms with van der Waals surface area (Å²) in [6, 6.07) is 11.0. The number of hydrogen-bond donors (Lipinski definition) is 0. The maximum Gasteiger partial charge on any atom is 0.311 e. The molecule has 0 unspecified atom stereocenters. The zero-order valence-electron chi connectivity index (χ0n) is 12.0. The summed E-state index contributed by atoms with van der Waals surface area (Å²) in [5, 5.41) is 1.37. The van der Waals surface area contributed by atoms with Crippen LogP contribution >= 0.6 is 23.2 Å². The summed E-state index contributed by atoms with van der Waals surface area (Å²) in [6.45, 7) is 3.78. The van der Waals surface area contributed by atoms with Gasteiger partial charge in [-0.25, -0.2) is 0 Å². The van der Waals surface area contributed by atoms with Crippen LogP contribution in [0.3, 0.4) is 0 Å². The zero-order valence-corrected chi connectivity index (χ0v) is 13.5. The van der Waals surface area contributed by atoms with Crippen molar-refractivity contribution in [1.29, 1.82) is 0 Å². The number of aryl methyl sites for hydroxylation is 3. The molecule has 21 heavy (non-hydrogen) atoms. The molecule has 2 aromatic rings. The molecule has 0 saturated heterocycles. The lowest BCUT2D eigenvalue weighted by atomic mass is 10.1. The van der Waals surface area contributed by atoms with Crippen LogP contribution in [0.1, 0.15) is 23.1 Å². The Morgan fingerprint density at radius 3 is 2.38 bits per heavy atom. The van der Waals surface area contributed by atoms with Crippen LogP contribution in [-0.4, -0.2) is 5.97 Å². The Kier molecular flexibility index (Phi) is 5.27. The summed E-state index contributed by atoms with van der Waals surface area (Å²) >= 11 is 12.0. The van der Waals surface area contributed by atoms with E-state index < -0.39 is 0 Å². The SMILES string of the molecule is Cc1cc(OC(=O)CCc2cccc(Cl)c2)cc(C)c1Cl. The first-order valence-corrected chi connectivity index (χ1v) is 7.43. The van der Waals surface area contributed by atoms with E-state index in [4.69, 9.17) is 27.9 Å².